The molecule has 3 N–H and O–H groups in total. The number of hydrogen-bond acceptors (Lipinski definition) is 5. The van der Waals surface area contributed by atoms with E-state index in [0.717, 1.165) is 32.3 Å². The summed E-state index contributed by atoms with van der Waals surface area (Å²) in [5.41, 5.74) is 7.04. The van der Waals surface area contributed by atoms with Crippen molar-refractivity contribution in [2.45, 2.75) is 96.4 Å². The van der Waals surface area contributed by atoms with Crippen molar-refractivity contribution in [2.75, 3.05) is 13.2 Å². The molecule has 0 unspecified atom stereocenters. The van der Waals surface area contributed by atoms with Crippen LogP contribution in [-0.2, 0) is 19.0 Å². The molecule has 0 aromatic heterocycles. The van der Waals surface area contributed by atoms with Gasteiger partial charge in [-0.1, -0.05) is 50.6 Å². The molecule has 3 aliphatic heterocycles. The lowest BCUT2D eigenvalue weighted by molar-refractivity contribution is -0.123. The Morgan fingerprint density at radius 2 is 1.97 bits per heavy atom. The highest BCUT2D eigenvalue weighted by Gasteiger charge is 2.50. The molecule has 0 radical (unpaired) electrons. The van der Waals surface area contributed by atoms with E-state index < -0.39 is 0 Å². The van der Waals surface area contributed by atoms with Crippen molar-refractivity contribution in [2.24, 2.45) is 17.6 Å². The second-order valence-electron chi connectivity index (χ2n) is 10.3. The van der Waals surface area contributed by atoms with Crippen molar-refractivity contribution in [1.82, 2.24) is 5.32 Å². The second-order valence-corrected chi connectivity index (χ2v) is 10.3. The molecule has 0 aliphatic carbocycles. The van der Waals surface area contributed by atoms with Crippen LogP contribution in [0, 0.1) is 11.8 Å². The summed E-state index contributed by atoms with van der Waals surface area (Å²) in [6.07, 6.45) is 14.0. The van der Waals surface area contributed by atoms with E-state index in [1.54, 1.807) is 6.08 Å². The van der Waals surface area contributed by atoms with Gasteiger partial charge in [0.2, 0.25) is 5.91 Å². The van der Waals surface area contributed by atoms with E-state index in [2.05, 4.69) is 58.2 Å². The van der Waals surface area contributed by atoms with Crippen LogP contribution in [0.5, 0.6) is 0 Å². The Morgan fingerprint density at radius 3 is 2.62 bits per heavy atom. The van der Waals surface area contributed by atoms with E-state index in [4.69, 9.17) is 19.9 Å². The largest absolute Gasteiger partial charge is 0.373 e. The number of allylic oxidation sites excluding steroid dienone is 3. The summed E-state index contributed by atoms with van der Waals surface area (Å²) in [6, 6.07) is 0.0476. The molecule has 3 aliphatic rings. The first-order valence-electron chi connectivity index (χ1n) is 12.2. The van der Waals surface area contributed by atoms with Crippen LogP contribution in [-0.4, -0.2) is 55.1 Å². The lowest BCUT2D eigenvalue weighted by atomic mass is 9.88. The summed E-state index contributed by atoms with van der Waals surface area (Å²) in [5.74, 6) is 0.700. The smallest absolute Gasteiger partial charge is 0.243 e. The number of carbonyl (C=O) groups is 1. The summed E-state index contributed by atoms with van der Waals surface area (Å²) in [7, 11) is 0. The highest BCUT2D eigenvalue weighted by atomic mass is 16.6. The molecule has 0 aromatic carbocycles. The fraction of sp³-hybridized carbons (Fsp3) is 0.731. The van der Waals surface area contributed by atoms with Gasteiger partial charge < -0.3 is 25.3 Å². The molecule has 6 heteroatoms. The summed E-state index contributed by atoms with van der Waals surface area (Å²) < 4.78 is 18.0. The van der Waals surface area contributed by atoms with Crippen molar-refractivity contribution in [3.8, 4) is 0 Å². The van der Waals surface area contributed by atoms with E-state index in [1.807, 2.05) is 6.08 Å². The molecule has 3 rings (SSSR count). The van der Waals surface area contributed by atoms with Gasteiger partial charge in [-0.2, -0.15) is 0 Å². The number of carbonyl (C=O) groups excluding carboxylic acids is 1. The fourth-order valence-electron chi connectivity index (χ4n) is 4.65. The van der Waals surface area contributed by atoms with E-state index in [9.17, 15) is 4.79 Å². The number of ether oxygens (including phenoxy) is 3. The molecular weight excluding hydrogens is 404 g/mol. The van der Waals surface area contributed by atoms with Gasteiger partial charge in [-0.15, -0.1) is 0 Å². The lowest BCUT2D eigenvalue weighted by Crippen LogP contribution is -2.50. The van der Waals surface area contributed by atoms with Gasteiger partial charge in [0.05, 0.1) is 42.7 Å². The Morgan fingerprint density at radius 1 is 1.22 bits per heavy atom. The van der Waals surface area contributed by atoms with E-state index >= 15 is 0 Å². The van der Waals surface area contributed by atoms with Gasteiger partial charge in [0.1, 0.15) is 0 Å². The van der Waals surface area contributed by atoms with Gasteiger partial charge in [-0.25, -0.2) is 0 Å². The Labute approximate surface area is 193 Å². The Hall–Kier alpha value is -1.47. The summed E-state index contributed by atoms with van der Waals surface area (Å²) in [5, 5.41) is 3.11. The number of hydrogen-bond donors (Lipinski definition) is 2. The average Bonchev–Trinajstić information content (AvgIpc) is 3.49. The van der Waals surface area contributed by atoms with Crippen LogP contribution in [0.3, 0.4) is 0 Å². The third kappa shape index (κ3) is 7.27. The van der Waals surface area contributed by atoms with Gasteiger partial charge >= 0.3 is 0 Å². The maximum Gasteiger partial charge on any atom is 0.243 e. The third-order valence-electron chi connectivity index (χ3n) is 6.78. The monoisotopic (exact) mass is 446 g/mol. The predicted molar refractivity (Wildman–Crippen MR) is 127 cm³/mol. The first-order valence-corrected chi connectivity index (χ1v) is 12.2. The van der Waals surface area contributed by atoms with Crippen LogP contribution in [0.1, 0.15) is 60.3 Å². The molecule has 0 bridgehead atoms. The van der Waals surface area contributed by atoms with E-state index in [0.29, 0.717) is 18.4 Å². The lowest BCUT2D eigenvalue weighted by Gasteiger charge is -2.39. The molecule has 1 amide bonds. The molecule has 32 heavy (non-hydrogen) atoms. The van der Waals surface area contributed by atoms with E-state index in [-0.39, 0.29) is 42.0 Å². The Kier molecular flexibility index (Phi) is 8.73. The van der Waals surface area contributed by atoms with Crippen LogP contribution in [0.25, 0.3) is 0 Å². The minimum Gasteiger partial charge on any atom is -0.373 e. The topological polar surface area (TPSA) is 86.1 Å². The van der Waals surface area contributed by atoms with Gasteiger partial charge in [-0.05, 0) is 44.6 Å². The zero-order valence-electron chi connectivity index (χ0n) is 20.4. The zero-order chi connectivity index (χ0) is 23.3. The van der Waals surface area contributed by atoms with Crippen molar-refractivity contribution in [3.05, 3.63) is 36.0 Å². The zero-order valence-corrected chi connectivity index (χ0v) is 20.4. The van der Waals surface area contributed by atoms with Crippen LogP contribution in [0.4, 0.5) is 0 Å². The minimum atomic E-state index is -0.0362. The van der Waals surface area contributed by atoms with Crippen LogP contribution < -0.4 is 11.1 Å². The maximum absolute atomic E-state index is 12.2. The summed E-state index contributed by atoms with van der Waals surface area (Å²) in [6.45, 7) is 11.9. The third-order valence-corrected chi connectivity index (χ3v) is 6.78. The second kappa shape index (κ2) is 11.1. The standard InChI is InChI=1S/C26H42N2O4/c1-17(2)6-11-25(29)28-23-12-19(4)24(31-20(23)5)10-8-18(3)7-9-21-13-26(16-30-26)14-22(15-27)32-21/h6-9,11,17,19-24H,10,12-16,27H2,1-5H3,(H,28,29)/b9-7+,11-6-,18-8+/t19-,20+,21+,22-,23+,24-,26+/m0/s1. The van der Waals surface area contributed by atoms with Crippen LogP contribution >= 0.6 is 0 Å². The van der Waals surface area contributed by atoms with Crippen molar-refractivity contribution in [3.63, 3.8) is 0 Å². The Bertz CT molecular complexity index is 725. The summed E-state index contributed by atoms with van der Waals surface area (Å²) >= 11 is 0. The van der Waals surface area contributed by atoms with Gasteiger partial charge in [0.15, 0.2) is 0 Å². The molecule has 3 heterocycles. The highest BCUT2D eigenvalue weighted by Crippen LogP contribution is 2.42. The molecule has 0 aromatic rings. The van der Waals surface area contributed by atoms with Crippen molar-refractivity contribution in [1.29, 1.82) is 0 Å². The average molecular weight is 447 g/mol. The first kappa shape index (κ1) is 25.2. The molecule has 3 saturated heterocycles. The van der Waals surface area contributed by atoms with Gasteiger partial charge in [0, 0.05) is 19.4 Å². The molecule has 0 saturated carbocycles. The van der Waals surface area contributed by atoms with Gasteiger partial charge in [-0.3, -0.25) is 4.79 Å². The number of rotatable bonds is 8. The van der Waals surface area contributed by atoms with Gasteiger partial charge in [0.25, 0.3) is 0 Å². The van der Waals surface area contributed by atoms with E-state index in [1.165, 1.54) is 5.57 Å². The SMILES string of the molecule is CC(/C=C/[C@@H]1C[C@]2(CO2)C[C@@H](CN)O1)=C\C[C@@H]1O[C@H](C)[C@H](NC(=O)/C=C\C(C)C)C[C@@H]1C. The molecular formula is C26H42N2O4. The minimum absolute atomic E-state index is 0.00425. The summed E-state index contributed by atoms with van der Waals surface area (Å²) in [4.78, 5) is 12.2. The predicted octanol–water partition coefficient (Wildman–Crippen LogP) is 3.66. The van der Waals surface area contributed by atoms with Crippen molar-refractivity contribution >= 4 is 5.91 Å². The quantitative estimate of drug-likeness (QED) is 0.338. The molecule has 1 spiro atoms. The molecule has 7 atom stereocenters. The Balaban J connectivity index is 1.47. The first-order chi connectivity index (χ1) is 15.2. The molecule has 6 nitrogen and oxygen atoms in total. The molecule has 180 valence electrons. The fourth-order valence-corrected chi connectivity index (χ4v) is 4.65. The maximum atomic E-state index is 12.2. The van der Waals surface area contributed by atoms with Crippen molar-refractivity contribution < 1.29 is 19.0 Å². The molecule has 3 fully saturated rings. The normalized spacial score (nSPS) is 38.2. The number of amides is 1. The van der Waals surface area contributed by atoms with Crippen LogP contribution in [0.15, 0.2) is 36.0 Å². The number of nitrogens with two attached hydrogens (primary N) is 1. The highest BCUT2D eigenvalue weighted by molar-refractivity contribution is 5.87. The number of nitrogens with one attached hydrogen (secondary N) is 1. The number of epoxide rings is 1. The van der Waals surface area contributed by atoms with Crippen LogP contribution in [0.2, 0.25) is 0 Å².